The van der Waals surface area contributed by atoms with Crippen molar-refractivity contribution in [3.63, 3.8) is 0 Å². The second-order valence-corrected chi connectivity index (χ2v) is 5.83. The fourth-order valence-corrected chi connectivity index (χ4v) is 3.44. The quantitative estimate of drug-likeness (QED) is 0.841. The topological polar surface area (TPSA) is 29.5 Å². The van der Waals surface area contributed by atoms with E-state index in [0.717, 1.165) is 13.0 Å². The number of amides is 1. The molecule has 0 aromatic heterocycles. The average Bonchev–Trinajstić information content (AvgIpc) is 3.20. The molecule has 0 saturated carbocycles. The van der Waals surface area contributed by atoms with Gasteiger partial charge in [-0.1, -0.05) is 48.5 Å². The maximum atomic E-state index is 12.1. The second-order valence-electron chi connectivity index (χ2n) is 5.83. The summed E-state index contributed by atoms with van der Waals surface area (Å²) in [6.07, 6.45) is 2.88. The number of nitrogens with zero attached hydrogens (tertiary/aromatic N) is 1. The van der Waals surface area contributed by atoms with E-state index >= 15 is 0 Å². The molecular formula is C19H18NO2. The Morgan fingerprint density at radius 3 is 2.27 bits per heavy atom. The van der Waals surface area contributed by atoms with Crippen LogP contribution in [0.2, 0.25) is 0 Å². The first-order valence-corrected chi connectivity index (χ1v) is 7.76. The van der Waals surface area contributed by atoms with Crippen LogP contribution >= 0.6 is 0 Å². The Bertz CT molecular complexity index is 659. The Hall–Kier alpha value is -2.29. The maximum absolute atomic E-state index is 12.1. The van der Waals surface area contributed by atoms with E-state index in [9.17, 15) is 4.79 Å². The summed E-state index contributed by atoms with van der Waals surface area (Å²) in [4.78, 5) is 13.9. The number of ether oxygens (including phenoxy) is 1. The van der Waals surface area contributed by atoms with Gasteiger partial charge >= 0.3 is 6.09 Å². The van der Waals surface area contributed by atoms with E-state index in [4.69, 9.17) is 4.74 Å². The lowest BCUT2D eigenvalue weighted by Gasteiger charge is -2.18. The van der Waals surface area contributed by atoms with Gasteiger partial charge in [-0.05, 0) is 35.1 Å². The van der Waals surface area contributed by atoms with E-state index in [0.29, 0.717) is 13.2 Å². The summed E-state index contributed by atoms with van der Waals surface area (Å²) < 4.78 is 5.59. The number of hydrogen-bond acceptors (Lipinski definition) is 2. The number of fused-ring (bicyclic) bond motifs is 3. The predicted octanol–water partition coefficient (Wildman–Crippen LogP) is 3.85. The van der Waals surface area contributed by atoms with Crippen molar-refractivity contribution in [2.24, 2.45) is 0 Å². The molecule has 111 valence electrons. The molecule has 0 N–H and O–H groups in total. The third kappa shape index (κ3) is 2.17. The molecule has 2 aromatic carbocycles. The minimum Gasteiger partial charge on any atom is -0.448 e. The summed E-state index contributed by atoms with van der Waals surface area (Å²) in [7, 11) is 0. The monoisotopic (exact) mass is 292 g/mol. The van der Waals surface area contributed by atoms with Crippen LogP contribution in [0.3, 0.4) is 0 Å². The highest BCUT2D eigenvalue weighted by molar-refractivity contribution is 5.79. The molecule has 1 aliphatic carbocycles. The van der Waals surface area contributed by atoms with Gasteiger partial charge in [0.25, 0.3) is 0 Å². The van der Waals surface area contributed by atoms with Gasteiger partial charge in [0.15, 0.2) is 0 Å². The molecular weight excluding hydrogens is 274 g/mol. The number of rotatable bonds is 2. The molecule has 4 rings (SSSR count). The van der Waals surface area contributed by atoms with Crippen LogP contribution in [0.4, 0.5) is 4.79 Å². The molecule has 0 bridgehead atoms. The van der Waals surface area contributed by atoms with E-state index in [1.54, 1.807) is 4.90 Å². The van der Waals surface area contributed by atoms with Gasteiger partial charge in [-0.3, -0.25) is 0 Å². The van der Waals surface area contributed by atoms with Crippen LogP contribution in [0.1, 0.15) is 23.5 Å². The Morgan fingerprint density at radius 1 is 1.05 bits per heavy atom. The highest BCUT2D eigenvalue weighted by atomic mass is 16.6. The Morgan fingerprint density at radius 2 is 1.68 bits per heavy atom. The third-order valence-corrected chi connectivity index (χ3v) is 4.55. The molecule has 1 radical (unpaired) electrons. The maximum Gasteiger partial charge on any atom is 0.409 e. The van der Waals surface area contributed by atoms with Crippen molar-refractivity contribution < 1.29 is 9.53 Å². The Labute approximate surface area is 130 Å². The van der Waals surface area contributed by atoms with Crippen LogP contribution in [-0.4, -0.2) is 30.7 Å². The molecule has 1 heterocycles. The SMILES string of the molecule is O=C(OCC1c2ccccc2-c2ccccc21)N1C[CH]CC1. The van der Waals surface area contributed by atoms with Crippen molar-refractivity contribution in [3.05, 3.63) is 66.1 Å². The van der Waals surface area contributed by atoms with Gasteiger partial charge in [-0.2, -0.15) is 0 Å². The number of likely N-dealkylation sites (tertiary alicyclic amines) is 1. The van der Waals surface area contributed by atoms with E-state index < -0.39 is 0 Å². The smallest absolute Gasteiger partial charge is 0.409 e. The van der Waals surface area contributed by atoms with Gasteiger partial charge < -0.3 is 9.64 Å². The zero-order valence-electron chi connectivity index (χ0n) is 12.4. The highest BCUT2D eigenvalue weighted by Gasteiger charge is 2.30. The highest BCUT2D eigenvalue weighted by Crippen LogP contribution is 2.44. The van der Waals surface area contributed by atoms with Gasteiger partial charge in [0.05, 0.1) is 0 Å². The standard InChI is InChI=1S/C19H18NO2/c21-19(20-11-5-6-12-20)22-13-18-16-9-3-1-7-14(16)15-8-2-4-10-17(15)18/h1-5,7-10,18H,6,11-13H2. The number of carbonyl (C=O) groups excluding carboxylic acids is 1. The summed E-state index contributed by atoms with van der Waals surface area (Å²) in [6, 6.07) is 16.8. The van der Waals surface area contributed by atoms with Crippen LogP contribution in [0.25, 0.3) is 11.1 Å². The van der Waals surface area contributed by atoms with E-state index in [1.807, 2.05) is 0 Å². The molecule has 0 atom stereocenters. The van der Waals surface area contributed by atoms with Crippen molar-refractivity contribution in [2.75, 3.05) is 19.7 Å². The number of hydrogen-bond donors (Lipinski definition) is 0. The van der Waals surface area contributed by atoms with Gasteiger partial charge in [0.1, 0.15) is 6.61 Å². The molecule has 0 unspecified atom stereocenters. The zero-order chi connectivity index (χ0) is 14.9. The van der Waals surface area contributed by atoms with Gasteiger partial charge in [0.2, 0.25) is 0 Å². The normalized spacial score (nSPS) is 16.5. The van der Waals surface area contributed by atoms with E-state index in [1.165, 1.54) is 22.3 Å². The zero-order valence-corrected chi connectivity index (χ0v) is 12.4. The Balaban J connectivity index is 1.57. The van der Waals surface area contributed by atoms with Crippen molar-refractivity contribution in [3.8, 4) is 11.1 Å². The molecule has 1 aliphatic heterocycles. The minimum atomic E-state index is -0.199. The van der Waals surface area contributed by atoms with Crippen LogP contribution in [0.5, 0.6) is 0 Å². The first-order chi connectivity index (χ1) is 10.8. The average molecular weight is 292 g/mol. The van der Waals surface area contributed by atoms with Crippen LogP contribution in [-0.2, 0) is 4.74 Å². The van der Waals surface area contributed by atoms with Crippen LogP contribution in [0, 0.1) is 6.42 Å². The molecule has 1 fully saturated rings. The lowest BCUT2D eigenvalue weighted by Crippen LogP contribution is -2.29. The molecule has 3 nitrogen and oxygen atoms in total. The summed E-state index contributed by atoms with van der Waals surface area (Å²) in [5, 5.41) is 0. The predicted molar refractivity (Wildman–Crippen MR) is 85.6 cm³/mol. The number of carbonyl (C=O) groups is 1. The first-order valence-electron chi connectivity index (χ1n) is 7.76. The van der Waals surface area contributed by atoms with Crippen molar-refractivity contribution in [2.45, 2.75) is 12.3 Å². The third-order valence-electron chi connectivity index (χ3n) is 4.55. The van der Waals surface area contributed by atoms with Crippen molar-refractivity contribution in [1.82, 2.24) is 4.90 Å². The molecule has 2 aliphatic rings. The lowest BCUT2D eigenvalue weighted by atomic mass is 9.98. The summed E-state index contributed by atoms with van der Waals surface area (Å²) >= 11 is 0. The second kappa shape index (κ2) is 5.48. The largest absolute Gasteiger partial charge is 0.448 e. The van der Waals surface area contributed by atoms with Gasteiger partial charge in [-0.25, -0.2) is 4.79 Å². The van der Waals surface area contributed by atoms with E-state index in [2.05, 4.69) is 55.0 Å². The first kappa shape index (κ1) is 13.4. The fraction of sp³-hybridized carbons (Fsp3) is 0.263. The van der Waals surface area contributed by atoms with Crippen LogP contribution in [0.15, 0.2) is 48.5 Å². The summed E-state index contributed by atoms with van der Waals surface area (Å²) in [6.45, 7) is 1.89. The molecule has 2 aromatic rings. The fourth-order valence-electron chi connectivity index (χ4n) is 3.44. The lowest BCUT2D eigenvalue weighted by molar-refractivity contribution is 0.108. The van der Waals surface area contributed by atoms with Gasteiger partial charge in [0, 0.05) is 19.0 Å². The summed E-state index contributed by atoms with van der Waals surface area (Å²) in [5.41, 5.74) is 5.02. The molecule has 1 saturated heterocycles. The number of benzene rings is 2. The molecule has 1 amide bonds. The van der Waals surface area contributed by atoms with Gasteiger partial charge in [-0.15, -0.1) is 0 Å². The Kier molecular flexibility index (Phi) is 3.34. The molecule has 3 heteroatoms. The van der Waals surface area contributed by atoms with E-state index in [-0.39, 0.29) is 12.0 Å². The molecule has 0 spiro atoms. The van der Waals surface area contributed by atoms with Crippen molar-refractivity contribution in [1.29, 1.82) is 0 Å². The molecule has 22 heavy (non-hydrogen) atoms. The van der Waals surface area contributed by atoms with Crippen molar-refractivity contribution >= 4 is 6.09 Å². The minimum absolute atomic E-state index is 0.142. The van der Waals surface area contributed by atoms with Crippen LogP contribution < -0.4 is 0 Å². The summed E-state index contributed by atoms with van der Waals surface area (Å²) in [5.74, 6) is 0.142.